The Kier molecular flexibility index (Phi) is 9.42. The normalized spacial score (nSPS) is 14.1. The van der Waals surface area contributed by atoms with Gasteiger partial charge in [-0.3, -0.25) is 9.59 Å². The molecule has 0 amide bonds. The highest BCUT2D eigenvalue weighted by Gasteiger charge is 2.22. The molecule has 0 spiro atoms. The van der Waals surface area contributed by atoms with Crippen LogP contribution < -0.4 is 0 Å². The van der Waals surface area contributed by atoms with Gasteiger partial charge >= 0.3 is 11.9 Å². The molecule has 1 atom stereocenters. The molecule has 0 aromatic carbocycles. The molecule has 0 heterocycles. The number of carboxylic acid groups (broad SMARTS) is 2. The van der Waals surface area contributed by atoms with Gasteiger partial charge in [0.2, 0.25) is 0 Å². The fourth-order valence-electron chi connectivity index (χ4n) is 2.05. The van der Waals surface area contributed by atoms with Gasteiger partial charge in [-0.15, -0.1) is 0 Å². The van der Waals surface area contributed by atoms with Crippen molar-refractivity contribution in [2.75, 3.05) is 0 Å². The van der Waals surface area contributed by atoms with E-state index in [1.807, 2.05) is 6.08 Å². The van der Waals surface area contributed by atoms with Crippen molar-refractivity contribution in [2.45, 2.75) is 53.4 Å². The van der Waals surface area contributed by atoms with Crippen LogP contribution in [-0.2, 0) is 9.59 Å². The average Bonchev–Trinajstić information content (AvgIpc) is 2.34. The summed E-state index contributed by atoms with van der Waals surface area (Å²) in [5, 5.41) is 17.6. The first-order valence-electron chi connectivity index (χ1n) is 7.54. The minimum Gasteiger partial charge on any atom is -0.480 e. The summed E-state index contributed by atoms with van der Waals surface area (Å²) in [7, 11) is 0. The van der Waals surface area contributed by atoms with Crippen LogP contribution in [0.3, 0.4) is 0 Å². The van der Waals surface area contributed by atoms with E-state index >= 15 is 0 Å². The first kappa shape index (κ1) is 19.4. The Labute approximate surface area is 127 Å². The summed E-state index contributed by atoms with van der Waals surface area (Å²) in [4.78, 5) is 21.6. The fraction of sp³-hybridized carbons (Fsp3) is 0.647. The van der Waals surface area contributed by atoms with Crippen LogP contribution in [0.4, 0.5) is 0 Å². The Bertz CT molecular complexity index is 380. The van der Waals surface area contributed by atoms with Crippen molar-refractivity contribution in [3.63, 3.8) is 0 Å². The lowest BCUT2D eigenvalue weighted by Gasteiger charge is -2.09. The second-order valence-electron chi connectivity index (χ2n) is 6.13. The SMILES string of the molecule is CC(C=CCC(C)CCCC(C)C)=CC(C(=O)O)C(=O)O. The zero-order valence-electron chi connectivity index (χ0n) is 13.5. The third-order valence-electron chi connectivity index (χ3n) is 3.36. The molecule has 2 N–H and O–H groups in total. The molecule has 21 heavy (non-hydrogen) atoms. The predicted octanol–water partition coefficient (Wildman–Crippen LogP) is 4.13. The van der Waals surface area contributed by atoms with Gasteiger partial charge in [0.25, 0.3) is 0 Å². The molecule has 1 unspecified atom stereocenters. The van der Waals surface area contributed by atoms with Crippen molar-refractivity contribution in [1.29, 1.82) is 0 Å². The number of hydrogen-bond acceptors (Lipinski definition) is 2. The Morgan fingerprint density at radius 2 is 1.62 bits per heavy atom. The van der Waals surface area contributed by atoms with Gasteiger partial charge < -0.3 is 10.2 Å². The van der Waals surface area contributed by atoms with Gasteiger partial charge in [-0.25, -0.2) is 0 Å². The van der Waals surface area contributed by atoms with E-state index in [1.54, 1.807) is 13.0 Å². The zero-order chi connectivity index (χ0) is 16.4. The highest BCUT2D eigenvalue weighted by molar-refractivity contribution is 5.95. The quantitative estimate of drug-likeness (QED) is 0.469. The lowest BCUT2D eigenvalue weighted by molar-refractivity contribution is -0.151. The van der Waals surface area contributed by atoms with Gasteiger partial charge in [-0.05, 0) is 25.2 Å². The summed E-state index contributed by atoms with van der Waals surface area (Å²) in [5.41, 5.74) is 0.666. The van der Waals surface area contributed by atoms with E-state index in [-0.39, 0.29) is 0 Å². The Hall–Kier alpha value is -1.58. The second-order valence-corrected chi connectivity index (χ2v) is 6.13. The summed E-state index contributed by atoms with van der Waals surface area (Å²) >= 11 is 0. The maximum atomic E-state index is 10.8. The smallest absolute Gasteiger partial charge is 0.321 e. The number of rotatable bonds is 10. The Morgan fingerprint density at radius 1 is 1.05 bits per heavy atom. The number of carbonyl (C=O) groups is 2. The van der Waals surface area contributed by atoms with E-state index in [0.29, 0.717) is 11.5 Å². The Morgan fingerprint density at radius 3 is 2.10 bits per heavy atom. The van der Waals surface area contributed by atoms with Crippen LogP contribution in [0, 0.1) is 17.8 Å². The van der Waals surface area contributed by atoms with E-state index in [1.165, 1.54) is 25.3 Å². The lowest BCUT2D eigenvalue weighted by Crippen LogP contribution is -2.21. The van der Waals surface area contributed by atoms with E-state index in [0.717, 1.165) is 12.3 Å². The first-order chi connectivity index (χ1) is 9.73. The summed E-state index contributed by atoms with van der Waals surface area (Å²) in [6, 6.07) is 0. The van der Waals surface area contributed by atoms with Gasteiger partial charge in [0, 0.05) is 0 Å². The van der Waals surface area contributed by atoms with Crippen molar-refractivity contribution in [2.24, 2.45) is 17.8 Å². The minimum atomic E-state index is -1.47. The highest BCUT2D eigenvalue weighted by atomic mass is 16.4. The number of carboxylic acids is 2. The van der Waals surface area contributed by atoms with Gasteiger partial charge in [0.05, 0.1) is 0 Å². The van der Waals surface area contributed by atoms with Crippen LogP contribution in [-0.4, -0.2) is 22.2 Å². The van der Waals surface area contributed by atoms with Crippen LogP contribution in [0.1, 0.15) is 53.4 Å². The zero-order valence-corrected chi connectivity index (χ0v) is 13.5. The largest absolute Gasteiger partial charge is 0.480 e. The van der Waals surface area contributed by atoms with Crippen molar-refractivity contribution in [1.82, 2.24) is 0 Å². The molecule has 0 bridgehead atoms. The average molecular weight is 296 g/mol. The van der Waals surface area contributed by atoms with Crippen LogP contribution in [0.5, 0.6) is 0 Å². The van der Waals surface area contributed by atoms with E-state index in [4.69, 9.17) is 10.2 Å². The minimum absolute atomic E-state index is 0.586. The van der Waals surface area contributed by atoms with Crippen LogP contribution >= 0.6 is 0 Å². The standard InChI is InChI=1S/C17H28O4/c1-12(2)7-5-8-13(3)9-6-10-14(4)11-15(16(18)19)17(20)21/h6,10-13,15H,5,7-9H2,1-4H3,(H,18,19)(H,20,21). The van der Waals surface area contributed by atoms with Crippen molar-refractivity contribution in [3.05, 3.63) is 23.8 Å². The molecular formula is C17H28O4. The summed E-state index contributed by atoms with van der Waals surface area (Å²) in [5.74, 6) is -2.82. The molecule has 0 aromatic heterocycles. The molecule has 0 aliphatic heterocycles. The van der Waals surface area contributed by atoms with Crippen LogP contribution in [0.2, 0.25) is 0 Å². The number of aliphatic carboxylic acids is 2. The van der Waals surface area contributed by atoms with Crippen LogP contribution in [0.25, 0.3) is 0 Å². The van der Waals surface area contributed by atoms with Crippen molar-refractivity contribution >= 4 is 11.9 Å². The number of allylic oxidation sites excluding steroid dienone is 3. The van der Waals surface area contributed by atoms with Crippen molar-refractivity contribution < 1.29 is 19.8 Å². The Balaban J connectivity index is 4.28. The van der Waals surface area contributed by atoms with Crippen molar-refractivity contribution in [3.8, 4) is 0 Å². The first-order valence-corrected chi connectivity index (χ1v) is 7.54. The third-order valence-corrected chi connectivity index (χ3v) is 3.36. The second kappa shape index (κ2) is 10.2. The molecule has 0 aliphatic rings. The van der Waals surface area contributed by atoms with E-state index in [2.05, 4.69) is 20.8 Å². The molecule has 0 saturated heterocycles. The van der Waals surface area contributed by atoms with Gasteiger partial charge in [0.1, 0.15) is 0 Å². The maximum Gasteiger partial charge on any atom is 0.321 e. The summed E-state index contributed by atoms with van der Waals surface area (Å²) in [6.07, 6.45) is 9.63. The molecule has 0 rings (SSSR count). The summed E-state index contributed by atoms with van der Waals surface area (Å²) < 4.78 is 0. The fourth-order valence-corrected chi connectivity index (χ4v) is 2.05. The number of hydrogen-bond donors (Lipinski definition) is 2. The highest BCUT2D eigenvalue weighted by Crippen LogP contribution is 2.16. The van der Waals surface area contributed by atoms with E-state index in [9.17, 15) is 9.59 Å². The molecule has 0 radical (unpaired) electrons. The molecule has 0 saturated carbocycles. The van der Waals surface area contributed by atoms with Crippen LogP contribution in [0.15, 0.2) is 23.8 Å². The van der Waals surface area contributed by atoms with E-state index < -0.39 is 17.9 Å². The molecule has 0 aliphatic carbocycles. The maximum absolute atomic E-state index is 10.8. The summed E-state index contributed by atoms with van der Waals surface area (Å²) in [6.45, 7) is 8.36. The van der Waals surface area contributed by atoms with Gasteiger partial charge in [0.15, 0.2) is 5.92 Å². The molecule has 0 fully saturated rings. The molecular weight excluding hydrogens is 268 g/mol. The molecule has 0 aromatic rings. The third kappa shape index (κ3) is 9.88. The molecule has 4 nitrogen and oxygen atoms in total. The topological polar surface area (TPSA) is 74.6 Å². The van der Waals surface area contributed by atoms with Gasteiger partial charge in [-0.2, -0.15) is 0 Å². The predicted molar refractivity (Wildman–Crippen MR) is 84.1 cm³/mol. The molecule has 120 valence electrons. The monoisotopic (exact) mass is 296 g/mol. The lowest BCUT2D eigenvalue weighted by atomic mass is 9.97. The molecule has 4 heteroatoms. The van der Waals surface area contributed by atoms with Gasteiger partial charge in [-0.1, -0.05) is 63.8 Å².